The van der Waals surface area contributed by atoms with Crippen molar-refractivity contribution < 1.29 is 4.74 Å². The molecule has 0 fully saturated rings. The molecule has 1 aromatic carbocycles. The van der Waals surface area contributed by atoms with E-state index >= 15 is 0 Å². The molecular weight excluding hydrogens is 395 g/mol. The summed E-state index contributed by atoms with van der Waals surface area (Å²) in [5, 5.41) is 10.2. The first kappa shape index (κ1) is 16.3. The van der Waals surface area contributed by atoms with E-state index in [4.69, 9.17) is 4.74 Å². The molecular formula is C16H15IN2OS. The van der Waals surface area contributed by atoms with Gasteiger partial charge in [0.25, 0.3) is 0 Å². The summed E-state index contributed by atoms with van der Waals surface area (Å²) < 4.78 is 6.39. The lowest BCUT2D eigenvalue weighted by molar-refractivity contribution is 0.184. The van der Waals surface area contributed by atoms with Crippen LogP contribution in [-0.2, 0) is 17.1 Å². The number of methoxy groups -OCH3 is 1. The van der Waals surface area contributed by atoms with Crippen LogP contribution < -0.4 is 0 Å². The zero-order valence-corrected chi connectivity index (χ0v) is 14.9. The summed E-state index contributed by atoms with van der Waals surface area (Å²) in [6.07, 6.45) is 0. The number of thioether (sulfide) groups is 1. The number of nitriles is 1. The fraction of sp³-hybridized carbons (Fsp3) is 0.250. The molecule has 1 heterocycles. The Morgan fingerprint density at radius 1 is 1.33 bits per heavy atom. The lowest BCUT2D eigenvalue weighted by Gasteiger charge is -2.09. The molecule has 21 heavy (non-hydrogen) atoms. The molecule has 0 aliphatic heterocycles. The fourth-order valence-corrected chi connectivity index (χ4v) is 3.32. The number of nitrogens with zero attached hydrogens (tertiary/aromatic N) is 2. The number of rotatable bonds is 5. The van der Waals surface area contributed by atoms with Crippen molar-refractivity contribution in [1.82, 2.24) is 4.98 Å². The Balaban J connectivity index is 2.22. The Morgan fingerprint density at radius 2 is 2.05 bits per heavy atom. The summed E-state index contributed by atoms with van der Waals surface area (Å²) >= 11 is 3.88. The van der Waals surface area contributed by atoms with E-state index in [2.05, 4.69) is 57.9 Å². The molecule has 0 aliphatic carbocycles. The molecule has 0 saturated heterocycles. The number of pyridine rings is 1. The largest absolute Gasteiger partial charge is 0.380 e. The van der Waals surface area contributed by atoms with Gasteiger partial charge in [-0.2, -0.15) is 5.26 Å². The predicted molar refractivity (Wildman–Crippen MR) is 93.1 cm³/mol. The van der Waals surface area contributed by atoms with Crippen molar-refractivity contribution in [3.8, 4) is 6.07 Å². The van der Waals surface area contributed by atoms with Gasteiger partial charge in [0.05, 0.1) is 12.2 Å². The molecule has 108 valence electrons. The van der Waals surface area contributed by atoms with E-state index in [1.807, 2.05) is 13.0 Å². The Bertz CT molecular complexity index is 665. The SMILES string of the molecule is COCc1cc(C)nc(SCc2ccc(I)cc2)c1C#N. The second-order valence-corrected chi connectivity index (χ2v) is 6.77. The highest BCUT2D eigenvalue weighted by Crippen LogP contribution is 2.27. The summed E-state index contributed by atoms with van der Waals surface area (Å²) in [5.41, 5.74) is 3.66. The van der Waals surface area contributed by atoms with Crippen molar-refractivity contribution in [3.63, 3.8) is 0 Å². The highest BCUT2D eigenvalue weighted by atomic mass is 127. The van der Waals surface area contributed by atoms with Crippen LogP contribution in [0.15, 0.2) is 35.4 Å². The molecule has 3 nitrogen and oxygen atoms in total. The summed E-state index contributed by atoms with van der Waals surface area (Å²) in [4.78, 5) is 4.50. The van der Waals surface area contributed by atoms with Gasteiger partial charge in [-0.05, 0) is 58.8 Å². The molecule has 2 rings (SSSR count). The third-order valence-electron chi connectivity index (χ3n) is 2.90. The third-order valence-corrected chi connectivity index (χ3v) is 4.66. The fourth-order valence-electron chi connectivity index (χ4n) is 1.94. The number of hydrogen-bond acceptors (Lipinski definition) is 4. The van der Waals surface area contributed by atoms with Crippen molar-refractivity contribution in [2.75, 3.05) is 7.11 Å². The maximum absolute atomic E-state index is 9.39. The Labute approximate surface area is 142 Å². The number of halogens is 1. The Kier molecular flexibility index (Phi) is 6.03. The highest BCUT2D eigenvalue weighted by Gasteiger charge is 2.12. The van der Waals surface area contributed by atoms with Gasteiger partial charge in [0, 0.05) is 22.1 Å². The Morgan fingerprint density at radius 3 is 2.67 bits per heavy atom. The van der Waals surface area contributed by atoms with Crippen molar-refractivity contribution in [2.24, 2.45) is 0 Å². The lowest BCUT2D eigenvalue weighted by atomic mass is 10.1. The van der Waals surface area contributed by atoms with Gasteiger partial charge in [0.2, 0.25) is 0 Å². The van der Waals surface area contributed by atoms with Crippen LogP contribution in [0, 0.1) is 21.8 Å². The van der Waals surface area contributed by atoms with Crippen LogP contribution in [0.5, 0.6) is 0 Å². The van der Waals surface area contributed by atoms with E-state index in [-0.39, 0.29) is 0 Å². The van der Waals surface area contributed by atoms with Crippen LogP contribution in [0.3, 0.4) is 0 Å². The van der Waals surface area contributed by atoms with Crippen LogP contribution in [-0.4, -0.2) is 12.1 Å². The van der Waals surface area contributed by atoms with E-state index in [1.165, 1.54) is 9.13 Å². The van der Waals surface area contributed by atoms with Crippen molar-refractivity contribution >= 4 is 34.4 Å². The summed E-state index contributed by atoms with van der Waals surface area (Å²) in [6.45, 7) is 2.37. The van der Waals surface area contributed by atoms with E-state index in [1.54, 1.807) is 18.9 Å². The molecule has 1 aromatic heterocycles. The second kappa shape index (κ2) is 7.78. The topological polar surface area (TPSA) is 45.9 Å². The number of ether oxygens (including phenoxy) is 1. The van der Waals surface area contributed by atoms with E-state index in [0.717, 1.165) is 22.0 Å². The molecule has 2 aromatic rings. The van der Waals surface area contributed by atoms with Gasteiger partial charge in [-0.15, -0.1) is 11.8 Å². The van der Waals surface area contributed by atoms with E-state index < -0.39 is 0 Å². The monoisotopic (exact) mass is 410 g/mol. The molecule has 0 saturated carbocycles. The van der Waals surface area contributed by atoms with E-state index in [9.17, 15) is 5.26 Å². The summed E-state index contributed by atoms with van der Waals surface area (Å²) in [6, 6.07) is 12.5. The first-order valence-corrected chi connectivity index (χ1v) is 8.47. The first-order valence-electron chi connectivity index (χ1n) is 6.41. The smallest absolute Gasteiger partial charge is 0.115 e. The minimum atomic E-state index is 0.434. The van der Waals surface area contributed by atoms with Crippen LogP contribution >= 0.6 is 34.4 Å². The van der Waals surface area contributed by atoms with Crippen LogP contribution in [0.2, 0.25) is 0 Å². The van der Waals surface area contributed by atoms with Gasteiger partial charge in [-0.1, -0.05) is 12.1 Å². The Hall–Kier alpha value is -1.10. The lowest BCUT2D eigenvalue weighted by Crippen LogP contribution is -1.99. The van der Waals surface area contributed by atoms with E-state index in [0.29, 0.717) is 12.2 Å². The molecule has 0 spiro atoms. The highest BCUT2D eigenvalue weighted by molar-refractivity contribution is 14.1. The first-order chi connectivity index (χ1) is 10.1. The zero-order valence-electron chi connectivity index (χ0n) is 11.9. The molecule has 0 N–H and O–H groups in total. The van der Waals surface area contributed by atoms with Gasteiger partial charge in [-0.3, -0.25) is 0 Å². The summed E-state index contributed by atoms with van der Waals surface area (Å²) in [5.74, 6) is 0.800. The predicted octanol–water partition coefficient (Wildman–Crippen LogP) is 4.31. The maximum atomic E-state index is 9.39. The zero-order chi connectivity index (χ0) is 15.2. The normalized spacial score (nSPS) is 10.4. The van der Waals surface area contributed by atoms with Gasteiger partial charge in [0.15, 0.2) is 0 Å². The van der Waals surface area contributed by atoms with Crippen molar-refractivity contribution in [3.05, 3.63) is 56.3 Å². The van der Waals surface area contributed by atoms with Gasteiger partial charge in [0.1, 0.15) is 11.1 Å². The quantitative estimate of drug-likeness (QED) is 0.545. The number of aryl methyl sites for hydroxylation is 1. The summed E-state index contributed by atoms with van der Waals surface area (Å²) in [7, 11) is 1.63. The molecule has 0 aliphatic rings. The molecule has 0 amide bonds. The van der Waals surface area contributed by atoms with Crippen LogP contribution in [0.25, 0.3) is 0 Å². The standard InChI is InChI=1S/C16H15IN2OS/c1-11-7-13(9-20-2)15(8-18)16(19-11)21-10-12-3-5-14(17)6-4-12/h3-7H,9-10H2,1-2H3. The van der Waals surface area contributed by atoms with Crippen LogP contribution in [0.1, 0.15) is 22.4 Å². The second-order valence-electron chi connectivity index (χ2n) is 4.56. The van der Waals surface area contributed by atoms with Crippen molar-refractivity contribution in [2.45, 2.75) is 24.3 Å². The molecule has 0 radical (unpaired) electrons. The minimum absolute atomic E-state index is 0.434. The molecule has 5 heteroatoms. The third kappa shape index (κ3) is 4.43. The molecule has 0 unspecified atom stereocenters. The van der Waals surface area contributed by atoms with Crippen LogP contribution in [0.4, 0.5) is 0 Å². The van der Waals surface area contributed by atoms with Gasteiger partial charge in [-0.25, -0.2) is 4.98 Å². The number of benzene rings is 1. The van der Waals surface area contributed by atoms with Crippen molar-refractivity contribution in [1.29, 1.82) is 5.26 Å². The number of hydrogen-bond donors (Lipinski definition) is 0. The van der Waals surface area contributed by atoms with Gasteiger partial charge < -0.3 is 4.74 Å². The maximum Gasteiger partial charge on any atom is 0.115 e. The molecule has 0 atom stereocenters. The minimum Gasteiger partial charge on any atom is -0.380 e. The molecule has 0 bridgehead atoms. The number of aromatic nitrogens is 1. The average Bonchev–Trinajstić information content (AvgIpc) is 2.47. The van der Waals surface area contributed by atoms with Gasteiger partial charge >= 0.3 is 0 Å². The average molecular weight is 410 g/mol.